The van der Waals surface area contributed by atoms with E-state index in [9.17, 15) is 14.7 Å². The van der Waals surface area contributed by atoms with Crippen LogP contribution in [0.15, 0.2) is 0 Å². The molecule has 2 atom stereocenters. The van der Waals surface area contributed by atoms with Gasteiger partial charge in [-0.15, -0.1) is 6.42 Å². The second-order valence-electron chi connectivity index (χ2n) is 4.03. The van der Waals surface area contributed by atoms with E-state index in [2.05, 4.69) is 11.2 Å². The number of aliphatic hydroxyl groups is 1. The number of hydrogen-bond donors (Lipinski definition) is 2. The molecule has 5 nitrogen and oxygen atoms in total. The van der Waals surface area contributed by atoms with Crippen LogP contribution in [-0.4, -0.2) is 45.9 Å². The van der Waals surface area contributed by atoms with Gasteiger partial charge in [0.1, 0.15) is 6.10 Å². The fourth-order valence-electron chi connectivity index (χ4n) is 1.90. The maximum Gasteiger partial charge on any atom is 0.421 e. The van der Waals surface area contributed by atoms with Crippen LogP contribution in [0.1, 0.15) is 26.7 Å². The number of carbonyl (C=O) groups excluding carboxylic acids is 2. The standard InChI is InChI=1S/C12H16N2O3/c1-4-9-6-10(16)7-14(9)12(17)11(5-2)13-8(3)15/h2,10-11,16H,4,6-7H2,1,3H3/p+1/t10-,11+/m1/s1. The lowest BCUT2D eigenvalue weighted by Gasteiger charge is -2.07. The monoisotopic (exact) mass is 237 g/mol. The Morgan fingerprint density at radius 1 is 1.71 bits per heavy atom. The second kappa shape index (κ2) is 5.60. The molecule has 0 bridgehead atoms. The largest absolute Gasteiger partial charge is 0.421 e. The van der Waals surface area contributed by atoms with Gasteiger partial charge in [-0.1, -0.05) is 12.8 Å². The quantitative estimate of drug-likeness (QED) is 0.503. The van der Waals surface area contributed by atoms with Crippen molar-refractivity contribution in [2.45, 2.75) is 38.8 Å². The predicted octanol–water partition coefficient (Wildman–Crippen LogP) is -0.721. The maximum absolute atomic E-state index is 12.1. The van der Waals surface area contributed by atoms with Crippen molar-refractivity contribution in [3.8, 4) is 12.3 Å². The van der Waals surface area contributed by atoms with E-state index in [0.29, 0.717) is 12.8 Å². The number of amides is 2. The SMILES string of the molecule is C#C[C@H](NC(C)=O)C(=O)[N+]1=C(CC)C[C@@H](O)C1. The highest BCUT2D eigenvalue weighted by Gasteiger charge is 2.37. The molecule has 0 saturated heterocycles. The van der Waals surface area contributed by atoms with Gasteiger partial charge in [-0.2, -0.15) is 4.58 Å². The summed E-state index contributed by atoms with van der Waals surface area (Å²) < 4.78 is 1.48. The van der Waals surface area contributed by atoms with Crippen LogP contribution < -0.4 is 5.32 Å². The highest BCUT2D eigenvalue weighted by Crippen LogP contribution is 2.09. The molecule has 0 unspecified atom stereocenters. The highest BCUT2D eigenvalue weighted by molar-refractivity contribution is 5.91. The summed E-state index contributed by atoms with van der Waals surface area (Å²) in [6, 6.07) is -0.959. The van der Waals surface area contributed by atoms with Crippen LogP contribution in [0.2, 0.25) is 0 Å². The number of aliphatic hydroxyl groups excluding tert-OH is 1. The number of rotatable bonds is 3. The molecule has 5 heteroatoms. The first-order chi connectivity index (χ1) is 7.99. The molecule has 1 heterocycles. The van der Waals surface area contributed by atoms with E-state index in [-0.39, 0.29) is 18.4 Å². The number of carbonyl (C=O) groups is 2. The van der Waals surface area contributed by atoms with Crippen molar-refractivity contribution in [1.82, 2.24) is 5.32 Å². The van der Waals surface area contributed by atoms with E-state index >= 15 is 0 Å². The van der Waals surface area contributed by atoms with Crippen molar-refractivity contribution in [1.29, 1.82) is 0 Å². The molecule has 0 spiro atoms. The molecular formula is C12H17N2O3+. The number of hydrogen-bond acceptors (Lipinski definition) is 3. The average Bonchev–Trinajstić information content (AvgIpc) is 2.66. The minimum absolute atomic E-state index is 0.250. The van der Waals surface area contributed by atoms with Crippen molar-refractivity contribution in [2.24, 2.45) is 0 Å². The Balaban J connectivity index is 2.88. The molecule has 1 aliphatic heterocycles. The lowest BCUT2D eigenvalue weighted by Crippen LogP contribution is -2.44. The Bertz CT molecular complexity index is 406. The first-order valence-corrected chi connectivity index (χ1v) is 5.57. The zero-order valence-corrected chi connectivity index (χ0v) is 10.1. The van der Waals surface area contributed by atoms with Gasteiger partial charge in [0.15, 0.2) is 12.3 Å². The predicted molar refractivity (Wildman–Crippen MR) is 62.5 cm³/mol. The number of nitrogens with zero attached hydrogens (tertiary/aromatic N) is 1. The molecule has 92 valence electrons. The molecule has 17 heavy (non-hydrogen) atoms. The molecule has 0 fully saturated rings. The van der Waals surface area contributed by atoms with Crippen molar-refractivity contribution in [3.63, 3.8) is 0 Å². The molecule has 2 N–H and O–H groups in total. The Kier molecular flexibility index (Phi) is 4.41. The number of terminal acetylenes is 1. The van der Waals surface area contributed by atoms with Crippen LogP contribution in [0.5, 0.6) is 0 Å². The Hall–Kier alpha value is -1.67. The Labute approximate surface area is 101 Å². The maximum atomic E-state index is 12.1. The Morgan fingerprint density at radius 2 is 2.35 bits per heavy atom. The third kappa shape index (κ3) is 3.14. The average molecular weight is 237 g/mol. The number of β-amino-alcohol motifs (C(OH)–C–C–N with tert-alkyl or cyclic N) is 1. The molecule has 0 aliphatic carbocycles. The minimum Gasteiger partial charge on any atom is -0.386 e. The molecule has 0 aromatic carbocycles. The molecule has 0 radical (unpaired) electrons. The van der Waals surface area contributed by atoms with Crippen LogP contribution in [0.25, 0.3) is 0 Å². The summed E-state index contributed by atoms with van der Waals surface area (Å²) in [7, 11) is 0. The molecular weight excluding hydrogens is 220 g/mol. The van der Waals surface area contributed by atoms with Gasteiger partial charge in [-0.05, 0) is 0 Å². The van der Waals surface area contributed by atoms with Gasteiger partial charge in [-0.25, -0.2) is 4.79 Å². The van der Waals surface area contributed by atoms with Crippen LogP contribution >= 0.6 is 0 Å². The van der Waals surface area contributed by atoms with Crippen LogP contribution in [0.4, 0.5) is 0 Å². The Morgan fingerprint density at radius 3 is 2.82 bits per heavy atom. The molecule has 0 aromatic heterocycles. The molecule has 1 rings (SSSR count). The molecule has 2 amide bonds. The summed E-state index contributed by atoms with van der Waals surface area (Å²) in [6.07, 6.45) is 5.86. The van der Waals surface area contributed by atoms with Gasteiger partial charge in [0, 0.05) is 13.3 Å². The van der Waals surface area contributed by atoms with Crippen LogP contribution in [0.3, 0.4) is 0 Å². The van der Waals surface area contributed by atoms with Gasteiger partial charge < -0.3 is 10.4 Å². The van der Waals surface area contributed by atoms with Gasteiger partial charge in [0.05, 0.1) is 6.42 Å². The fourth-order valence-corrected chi connectivity index (χ4v) is 1.90. The zero-order valence-electron chi connectivity index (χ0n) is 10.1. The fraction of sp³-hybridized carbons (Fsp3) is 0.583. The minimum atomic E-state index is -0.959. The van der Waals surface area contributed by atoms with E-state index in [1.54, 1.807) is 0 Å². The van der Waals surface area contributed by atoms with Gasteiger partial charge in [-0.3, -0.25) is 4.79 Å². The summed E-state index contributed by atoms with van der Waals surface area (Å²) in [6.45, 7) is 3.47. The van der Waals surface area contributed by atoms with Gasteiger partial charge >= 0.3 is 5.91 Å². The molecule has 1 aliphatic rings. The van der Waals surface area contributed by atoms with Crippen molar-refractivity contribution in [3.05, 3.63) is 0 Å². The first kappa shape index (κ1) is 13.4. The van der Waals surface area contributed by atoms with E-state index < -0.39 is 12.1 Å². The summed E-state index contributed by atoms with van der Waals surface area (Å²) in [5.41, 5.74) is 0.855. The summed E-state index contributed by atoms with van der Waals surface area (Å²) in [5, 5.41) is 11.9. The van der Waals surface area contributed by atoms with Crippen LogP contribution in [0, 0.1) is 12.3 Å². The van der Waals surface area contributed by atoms with Gasteiger partial charge in [0.25, 0.3) is 0 Å². The van der Waals surface area contributed by atoms with E-state index in [0.717, 1.165) is 5.71 Å². The van der Waals surface area contributed by atoms with E-state index in [1.807, 2.05) is 6.92 Å². The first-order valence-electron chi connectivity index (χ1n) is 5.57. The van der Waals surface area contributed by atoms with Crippen LogP contribution in [-0.2, 0) is 9.59 Å². The van der Waals surface area contributed by atoms with Gasteiger partial charge in [0.2, 0.25) is 11.9 Å². The van der Waals surface area contributed by atoms with Crippen molar-refractivity contribution >= 4 is 17.5 Å². The molecule has 0 aromatic rings. The molecule has 0 saturated carbocycles. The normalized spacial score (nSPS) is 20.9. The van der Waals surface area contributed by atoms with E-state index in [4.69, 9.17) is 6.42 Å². The van der Waals surface area contributed by atoms with Crippen molar-refractivity contribution < 1.29 is 19.3 Å². The third-order valence-corrected chi connectivity index (χ3v) is 2.68. The lowest BCUT2D eigenvalue weighted by molar-refractivity contribution is -0.450. The third-order valence-electron chi connectivity index (χ3n) is 2.68. The topological polar surface area (TPSA) is 69.4 Å². The summed E-state index contributed by atoms with van der Waals surface area (Å²) in [4.78, 5) is 23.0. The summed E-state index contributed by atoms with van der Waals surface area (Å²) in [5.74, 6) is 1.55. The number of nitrogens with one attached hydrogen (secondary N) is 1. The van der Waals surface area contributed by atoms with E-state index in [1.165, 1.54) is 11.5 Å². The summed E-state index contributed by atoms with van der Waals surface area (Å²) >= 11 is 0. The smallest absolute Gasteiger partial charge is 0.386 e. The van der Waals surface area contributed by atoms with Crippen molar-refractivity contribution in [2.75, 3.05) is 6.54 Å². The highest BCUT2D eigenvalue weighted by atomic mass is 16.3. The zero-order chi connectivity index (χ0) is 13.0. The lowest BCUT2D eigenvalue weighted by atomic mass is 10.2. The second-order valence-corrected chi connectivity index (χ2v) is 4.03.